The fourth-order valence-electron chi connectivity index (χ4n) is 4.21. The van der Waals surface area contributed by atoms with Crippen molar-refractivity contribution in [1.82, 2.24) is 24.4 Å². The summed E-state index contributed by atoms with van der Waals surface area (Å²) in [5.74, 6) is 3.51. The maximum absolute atomic E-state index is 12.9. The van der Waals surface area contributed by atoms with E-state index in [1.54, 1.807) is 0 Å². The van der Waals surface area contributed by atoms with E-state index in [1.165, 1.54) is 18.7 Å². The Morgan fingerprint density at radius 2 is 2.04 bits per heavy atom. The molecule has 0 atom stereocenters. The summed E-state index contributed by atoms with van der Waals surface area (Å²) in [6.07, 6.45) is 8.72. The Morgan fingerprint density at radius 3 is 2.81 bits per heavy atom. The lowest BCUT2D eigenvalue weighted by Gasteiger charge is -2.32. The Balaban J connectivity index is 1.26. The number of piperidine rings is 1. The van der Waals surface area contributed by atoms with Crippen molar-refractivity contribution in [3.63, 3.8) is 0 Å². The first-order chi connectivity index (χ1) is 13.2. The molecule has 1 saturated heterocycles. The SMILES string of the molecule is Cc1nc2ccc(C(=O)N3CCC(c4nccn4CC4CC4)CC3)cc2[nH]1. The number of hydrogen-bond donors (Lipinski definition) is 1. The van der Waals surface area contributed by atoms with Gasteiger partial charge in [0.05, 0.1) is 11.0 Å². The molecule has 2 fully saturated rings. The molecule has 2 aliphatic rings. The molecule has 0 bridgehead atoms. The molecule has 1 aliphatic carbocycles. The molecule has 1 aromatic carbocycles. The third-order valence-electron chi connectivity index (χ3n) is 5.89. The molecular weight excluding hydrogens is 338 g/mol. The summed E-state index contributed by atoms with van der Waals surface area (Å²) in [6, 6.07) is 5.74. The van der Waals surface area contributed by atoms with Crippen molar-refractivity contribution < 1.29 is 4.79 Å². The predicted molar refractivity (Wildman–Crippen MR) is 104 cm³/mol. The van der Waals surface area contributed by atoms with Gasteiger partial charge in [-0.25, -0.2) is 9.97 Å². The summed E-state index contributed by atoms with van der Waals surface area (Å²) < 4.78 is 2.34. The number of nitrogens with one attached hydrogen (secondary N) is 1. The second-order valence-electron chi connectivity index (χ2n) is 8.00. The molecule has 0 unspecified atom stereocenters. The lowest BCUT2D eigenvalue weighted by molar-refractivity contribution is 0.0710. The first-order valence-electron chi connectivity index (χ1n) is 9.94. The van der Waals surface area contributed by atoms with Gasteiger partial charge in [-0.3, -0.25) is 4.79 Å². The van der Waals surface area contributed by atoms with E-state index in [1.807, 2.05) is 36.2 Å². The average molecular weight is 363 g/mol. The summed E-state index contributed by atoms with van der Waals surface area (Å²) in [6.45, 7) is 4.62. The van der Waals surface area contributed by atoms with Gasteiger partial charge in [0.25, 0.3) is 5.91 Å². The van der Waals surface area contributed by atoms with Crippen LogP contribution in [0.2, 0.25) is 0 Å². The number of carbonyl (C=O) groups is 1. The topological polar surface area (TPSA) is 66.8 Å². The highest BCUT2D eigenvalue weighted by molar-refractivity contribution is 5.97. The van der Waals surface area contributed by atoms with E-state index < -0.39 is 0 Å². The second kappa shape index (κ2) is 6.51. The molecule has 6 nitrogen and oxygen atoms in total. The molecule has 1 saturated carbocycles. The summed E-state index contributed by atoms with van der Waals surface area (Å²) >= 11 is 0. The van der Waals surface area contributed by atoms with Crippen LogP contribution in [0.15, 0.2) is 30.6 Å². The van der Waals surface area contributed by atoms with Crippen LogP contribution in [0.5, 0.6) is 0 Å². The van der Waals surface area contributed by atoms with Crippen LogP contribution >= 0.6 is 0 Å². The number of nitrogens with zero attached hydrogens (tertiary/aromatic N) is 4. The van der Waals surface area contributed by atoms with Gasteiger partial charge in [0, 0.05) is 43.5 Å². The minimum Gasteiger partial charge on any atom is -0.342 e. The number of H-pyrrole nitrogens is 1. The Labute approximate surface area is 158 Å². The fraction of sp³-hybridized carbons (Fsp3) is 0.476. The smallest absolute Gasteiger partial charge is 0.253 e. The van der Waals surface area contributed by atoms with Crippen molar-refractivity contribution in [2.75, 3.05) is 13.1 Å². The van der Waals surface area contributed by atoms with Gasteiger partial charge >= 0.3 is 0 Å². The van der Waals surface area contributed by atoms with Crippen molar-refractivity contribution in [3.05, 3.63) is 47.8 Å². The van der Waals surface area contributed by atoms with Gasteiger partial charge in [-0.05, 0) is 56.7 Å². The number of rotatable bonds is 4. The maximum Gasteiger partial charge on any atom is 0.253 e. The van der Waals surface area contributed by atoms with E-state index in [4.69, 9.17) is 0 Å². The van der Waals surface area contributed by atoms with Gasteiger partial charge in [0.1, 0.15) is 11.6 Å². The Bertz CT molecular complexity index is 976. The molecule has 3 heterocycles. The number of hydrogen-bond acceptors (Lipinski definition) is 3. The van der Waals surface area contributed by atoms with Crippen molar-refractivity contribution in [1.29, 1.82) is 0 Å². The van der Waals surface area contributed by atoms with Crippen molar-refractivity contribution in [2.24, 2.45) is 5.92 Å². The minimum atomic E-state index is 0.115. The molecule has 1 aliphatic heterocycles. The fourth-order valence-corrected chi connectivity index (χ4v) is 4.21. The molecule has 1 amide bonds. The zero-order chi connectivity index (χ0) is 18.4. The molecule has 0 radical (unpaired) electrons. The molecule has 3 aromatic rings. The van der Waals surface area contributed by atoms with E-state index >= 15 is 0 Å². The van der Waals surface area contributed by atoms with Gasteiger partial charge in [-0.15, -0.1) is 0 Å². The van der Waals surface area contributed by atoms with Crippen LogP contribution in [-0.2, 0) is 6.54 Å². The molecular formula is C21H25N5O. The Hall–Kier alpha value is -2.63. The highest BCUT2D eigenvalue weighted by atomic mass is 16.2. The lowest BCUT2D eigenvalue weighted by Crippen LogP contribution is -2.38. The predicted octanol–water partition coefficient (Wildman–Crippen LogP) is 3.50. The number of aryl methyl sites for hydroxylation is 1. The zero-order valence-electron chi connectivity index (χ0n) is 15.7. The molecule has 0 spiro atoms. The largest absolute Gasteiger partial charge is 0.342 e. The molecule has 5 rings (SSSR count). The number of fused-ring (bicyclic) bond motifs is 1. The Morgan fingerprint density at radius 1 is 1.22 bits per heavy atom. The molecule has 6 heteroatoms. The number of benzene rings is 1. The second-order valence-corrected chi connectivity index (χ2v) is 8.00. The van der Waals surface area contributed by atoms with Crippen LogP contribution in [-0.4, -0.2) is 43.4 Å². The summed E-state index contributed by atoms with van der Waals surface area (Å²) in [7, 11) is 0. The first-order valence-corrected chi connectivity index (χ1v) is 9.94. The van der Waals surface area contributed by atoms with E-state index in [0.29, 0.717) is 5.92 Å². The molecule has 27 heavy (non-hydrogen) atoms. The van der Waals surface area contributed by atoms with Crippen molar-refractivity contribution in [2.45, 2.75) is 45.1 Å². The average Bonchev–Trinajstić information content (AvgIpc) is 3.23. The van der Waals surface area contributed by atoms with Gasteiger partial charge in [0.2, 0.25) is 0 Å². The highest BCUT2D eigenvalue weighted by Crippen LogP contribution is 2.33. The van der Waals surface area contributed by atoms with E-state index in [-0.39, 0.29) is 5.91 Å². The van der Waals surface area contributed by atoms with Crippen LogP contribution in [0, 0.1) is 12.8 Å². The number of carbonyl (C=O) groups excluding carboxylic acids is 1. The van der Waals surface area contributed by atoms with Crippen LogP contribution in [0.4, 0.5) is 0 Å². The molecule has 140 valence electrons. The van der Waals surface area contributed by atoms with Crippen molar-refractivity contribution in [3.8, 4) is 0 Å². The minimum absolute atomic E-state index is 0.115. The van der Waals surface area contributed by atoms with Gasteiger partial charge in [-0.1, -0.05) is 0 Å². The maximum atomic E-state index is 12.9. The summed E-state index contributed by atoms with van der Waals surface area (Å²) in [4.78, 5) is 27.2. The van der Waals surface area contributed by atoms with Gasteiger partial charge < -0.3 is 14.5 Å². The van der Waals surface area contributed by atoms with E-state index in [0.717, 1.165) is 60.8 Å². The number of aromatic nitrogens is 4. The van der Waals surface area contributed by atoms with Crippen LogP contribution in [0.1, 0.15) is 53.6 Å². The van der Waals surface area contributed by atoms with Gasteiger partial charge in [-0.2, -0.15) is 0 Å². The molecule has 2 aromatic heterocycles. The third-order valence-corrected chi connectivity index (χ3v) is 5.89. The highest BCUT2D eigenvalue weighted by Gasteiger charge is 2.29. The van der Waals surface area contributed by atoms with Gasteiger partial charge in [0.15, 0.2) is 0 Å². The normalized spacial score (nSPS) is 18.3. The summed E-state index contributed by atoms with van der Waals surface area (Å²) in [5.41, 5.74) is 2.57. The van der Waals surface area contributed by atoms with E-state index in [2.05, 4.69) is 25.7 Å². The van der Waals surface area contributed by atoms with Crippen LogP contribution in [0.3, 0.4) is 0 Å². The van der Waals surface area contributed by atoms with Crippen LogP contribution < -0.4 is 0 Å². The monoisotopic (exact) mass is 363 g/mol. The number of aromatic amines is 1. The van der Waals surface area contributed by atoms with Crippen LogP contribution in [0.25, 0.3) is 11.0 Å². The quantitative estimate of drug-likeness (QED) is 0.771. The third kappa shape index (κ3) is 3.24. The first kappa shape index (κ1) is 16.5. The zero-order valence-corrected chi connectivity index (χ0v) is 15.7. The number of likely N-dealkylation sites (tertiary alicyclic amines) is 1. The molecule has 1 N–H and O–H groups in total. The van der Waals surface area contributed by atoms with E-state index in [9.17, 15) is 4.79 Å². The van der Waals surface area contributed by atoms with Crippen molar-refractivity contribution >= 4 is 16.9 Å². The number of amides is 1. The number of imidazole rings is 2. The standard InChI is InChI=1S/C21H25N5O/c1-14-23-18-5-4-17(12-19(18)24-14)21(27)25-9-6-16(7-10-25)20-22-8-11-26(20)13-15-2-3-15/h4-5,8,11-12,15-16H,2-3,6-7,9-10,13H2,1H3,(H,23,24). The Kier molecular flexibility index (Phi) is 3.99. The summed E-state index contributed by atoms with van der Waals surface area (Å²) in [5, 5.41) is 0. The lowest BCUT2D eigenvalue weighted by atomic mass is 9.95.